The van der Waals surface area contributed by atoms with Gasteiger partial charge in [0, 0.05) is 6.54 Å². The van der Waals surface area contributed by atoms with Gasteiger partial charge >= 0.3 is 12.2 Å². The van der Waals surface area contributed by atoms with Crippen LogP contribution in [0.3, 0.4) is 0 Å². The lowest BCUT2D eigenvalue weighted by molar-refractivity contribution is -0.138. The predicted octanol–water partition coefficient (Wildman–Crippen LogP) is 3.27. The number of carbonyl (C=O) groups excluding carboxylic acids is 2. The fourth-order valence-electron chi connectivity index (χ4n) is 2.42. The van der Waals surface area contributed by atoms with Gasteiger partial charge in [-0.3, -0.25) is 9.69 Å². The van der Waals surface area contributed by atoms with Gasteiger partial charge in [-0.25, -0.2) is 4.79 Å². The Labute approximate surface area is 126 Å². The van der Waals surface area contributed by atoms with Crippen LogP contribution in [0.15, 0.2) is 24.3 Å². The molecule has 0 bridgehead atoms. The van der Waals surface area contributed by atoms with Crippen LogP contribution in [0.4, 0.5) is 18.0 Å². The molecule has 4 nitrogen and oxygen atoms in total. The summed E-state index contributed by atoms with van der Waals surface area (Å²) in [5.74, 6) is -0.523. The molecule has 1 heterocycles. The van der Waals surface area contributed by atoms with Crippen LogP contribution in [0.5, 0.6) is 0 Å². The number of hydrogen-bond donors (Lipinski definition) is 1. The van der Waals surface area contributed by atoms with E-state index in [9.17, 15) is 22.8 Å². The topological polar surface area (TPSA) is 49.4 Å². The highest BCUT2D eigenvalue weighted by molar-refractivity contribution is 6.07. The van der Waals surface area contributed by atoms with E-state index in [1.54, 1.807) is 0 Å². The Morgan fingerprint density at radius 1 is 1.27 bits per heavy atom. The smallest absolute Gasteiger partial charge is 0.319 e. The first-order valence-corrected chi connectivity index (χ1v) is 7.02. The van der Waals surface area contributed by atoms with Crippen LogP contribution in [-0.4, -0.2) is 23.4 Å². The molecule has 3 amide bonds. The number of nitrogens with one attached hydrogen (secondary N) is 1. The first-order chi connectivity index (χ1) is 10.2. The number of hydrogen-bond acceptors (Lipinski definition) is 2. The van der Waals surface area contributed by atoms with Crippen LogP contribution < -0.4 is 5.32 Å². The molecule has 0 spiro atoms. The summed E-state index contributed by atoms with van der Waals surface area (Å²) in [7, 11) is 0. The average molecular weight is 314 g/mol. The fraction of sp³-hybridized carbons (Fsp3) is 0.467. The van der Waals surface area contributed by atoms with Crippen LogP contribution in [0.25, 0.3) is 0 Å². The summed E-state index contributed by atoms with van der Waals surface area (Å²) in [5, 5.41) is 2.50. The van der Waals surface area contributed by atoms with E-state index in [4.69, 9.17) is 0 Å². The molecule has 0 aliphatic carbocycles. The van der Waals surface area contributed by atoms with Crippen molar-refractivity contribution in [2.45, 2.75) is 38.4 Å². The van der Waals surface area contributed by atoms with E-state index in [1.165, 1.54) is 19.1 Å². The van der Waals surface area contributed by atoms with Crippen LogP contribution >= 0.6 is 0 Å². The number of carbonyl (C=O) groups is 2. The molecular weight excluding hydrogens is 297 g/mol. The molecule has 1 unspecified atom stereocenters. The van der Waals surface area contributed by atoms with E-state index >= 15 is 0 Å². The molecule has 2 rings (SSSR count). The van der Waals surface area contributed by atoms with Crippen molar-refractivity contribution >= 4 is 11.9 Å². The van der Waals surface area contributed by atoms with Gasteiger partial charge in [0.25, 0.3) is 5.91 Å². The van der Waals surface area contributed by atoms with E-state index < -0.39 is 29.2 Å². The summed E-state index contributed by atoms with van der Waals surface area (Å²) in [4.78, 5) is 25.5. The summed E-state index contributed by atoms with van der Waals surface area (Å²) in [6.07, 6.45) is -3.05. The number of alkyl halides is 3. The highest BCUT2D eigenvalue weighted by Crippen LogP contribution is 2.34. The van der Waals surface area contributed by atoms with E-state index in [0.717, 1.165) is 23.5 Å². The summed E-state index contributed by atoms with van der Waals surface area (Å²) < 4.78 is 38.4. The van der Waals surface area contributed by atoms with Crippen molar-refractivity contribution in [3.63, 3.8) is 0 Å². The lowest BCUT2D eigenvalue weighted by atomic mass is 9.90. The number of halogens is 3. The zero-order valence-corrected chi connectivity index (χ0v) is 12.3. The van der Waals surface area contributed by atoms with Gasteiger partial charge in [0.1, 0.15) is 5.54 Å². The lowest BCUT2D eigenvalue weighted by Crippen LogP contribution is -2.41. The van der Waals surface area contributed by atoms with Crippen LogP contribution in [0, 0.1) is 0 Å². The Morgan fingerprint density at radius 3 is 2.55 bits per heavy atom. The third-order valence-electron chi connectivity index (χ3n) is 3.78. The van der Waals surface area contributed by atoms with Crippen molar-refractivity contribution < 1.29 is 22.8 Å². The normalized spacial score (nSPS) is 22.1. The molecule has 1 aromatic carbocycles. The minimum absolute atomic E-state index is 0.125. The first-order valence-electron chi connectivity index (χ1n) is 7.02. The largest absolute Gasteiger partial charge is 0.416 e. The number of rotatable bonds is 4. The summed E-state index contributed by atoms with van der Waals surface area (Å²) in [6.45, 7) is 3.61. The molecule has 1 aromatic rings. The number of urea groups is 1. The Hall–Kier alpha value is -2.05. The van der Waals surface area contributed by atoms with Gasteiger partial charge in [0.2, 0.25) is 0 Å². The third-order valence-corrected chi connectivity index (χ3v) is 3.78. The first kappa shape index (κ1) is 16.3. The van der Waals surface area contributed by atoms with Crippen LogP contribution in [-0.2, 0) is 16.5 Å². The average Bonchev–Trinajstić information content (AvgIpc) is 2.67. The number of benzene rings is 1. The van der Waals surface area contributed by atoms with Gasteiger partial charge in [0.15, 0.2) is 0 Å². The zero-order valence-electron chi connectivity index (χ0n) is 12.3. The molecular formula is C15H17F3N2O2. The zero-order chi connectivity index (χ0) is 16.5. The van der Waals surface area contributed by atoms with Gasteiger partial charge in [0.05, 0.1) is 5.56 Å². The van der Waals surface area contributed by atoms with Gasteiger partial charge in [-0.05, 0) is 31.0 Å². The highest BCUT2D eigenvalue weighted by Gasteiger charge is 2.49. The Morgan fingerprint density at radius 2 is 1.95 bits per heavy atom. The van der Waals surface area contributed by atoms with Gasteiger partial charge in [-0.2, -0.15) is 13.2 Å². The molecule has 0 radical (unpaired) electrons. The molecule has 0 aromatic heterocycles. The Kier molecular flexibility index (Phi) is 4.17. The molecule has 1 aliphatic rings. The molecule has 120 valence electrons. The predicted molar refractivity (Wildman–Crippen MR) is 73.9 cm³/mol. The van der Waals surface area contributed by atoms with Gasteiger partial charge in [-0.1, -0.05) is 25.5 Å². The maximum Gasteiger partial charge on any atom is 0.416 e. The minimum atomic E-state index is -4.50. The fourth-order valence-corrected chi connectivity index (χ4v) is 2.42. The summed E-state index contributed by atoms with van der Waals surface area (Å²) >= 11 is 0. The second-order valence-electron chi connectivity index (χ2n) is 5.44. The highest BCUT2D eigenvalue weighted by atomic mass is 19.4. The second kappa shape index (κ2) is 5.62. The summed E-state index contributed by atoms with van der Waals surface area (Å²) in [6, 6.07) is 3.91. The SMILES string of the molecule is CCCCN1C(=O)NC(C)(c2cccc(C(F)(F)F)c2)C1=O. The maximum absolute atomic E-state index is 12.8. The quantitative estimate of drug-likeness (QED) is 0.867. The molecule has 22 heavy (non-hydrogen) atoms. The molecule has 7 heteroatoms. The Balaban J connectivity index is 2.36. The van der Waals surface area contributed by atoms with E-state index in [1.807, 2.05) is 6.92 Å². The second-order valence-corrected chi connectivity index (χ2v) is 5.44. The number of amides is 3. The number of imide groups is 1. The number of unbranched alkanes of at least 4 members (excludes halogenated alkanes) is 1. The van der Waals surface area contributed by atoms with Crippen molar-refractivity contribution in [2.75, 3.05) is 6.54 Å². The van der Waals surface area contributed by atoms with E-state index in [2.05, 4.69) is 5.32 Å². The molecule has 1 N–H and O–H groups in total. The summed E-state index contributed by atoms with van der Waals surface area (Å²) in [5.41, 5.74) is -2.19. The molecule has 0 saturated carbocycles. The van der Waals surface area contributed by atoms with Crippen molar-refractivity contribution in [1.82, 2.24) is 10.2 Å². The molecule has 1 atom stereocenters. The molecule has 1 saturated heterocycles. The molecule has 1 fully saturated rings. The van der Waals surface area contributed by atoms with Crippen molar-refractivity contribution in [3.05, 3.63) is 35.4 Å². The van der Waals surface area contributed by atoms with Gasteiger partial charge < -0.3 is 5.32 Å². The monoisotopic (exact) mass is 314 g/mol. The van der Waals surface area contributed by atoms with Crippen molar-refractivity contribution in [3.8, 4) is 0 Å². The van der Waals surface area contributed by atoms with Crippen molar-refractivity contribution in [1.29, 1.82) is 0 Å². The third kappa shape index (κ3) is 2.80. The number of nitrogens with zero attached hydrogens (tertiary/aromatic N) is 1. The molecule has 1 aliphatic heterocycles. The van der Waals surface area contributed by atoms with Crippen molar-refractivity contribution in [2.24, 2.45) is 0 Å². The standard InChI is InChI=1S/C15H17F3N2O2/c1-3-4-8-20-12(21)14(2,19-13(20)22)10-6-5-7-11(9-10)15(16,17)18/h5-7,9H,3-4,8H2,1-2H3,(H,19,22). The van der Waals surface area contributed by atoms with Crippen LogP contribution in [0.2, 0.25) is 0 Å². The van der Waals surface area contributed by atoms with Gasteiger partial charge in [-0.15, -0.1) is 0 Å². The minimum Gasteiger partial charge on any atom is -0.319 e. The lowest BCUT2D eigenvalue weighted by Gasteiger charge is -2.23. The maximum atomic E-state index is 12.8. The van der Waals surface area contributed by atoms with Crippen LogP contribution in [0.1, 0.15) is 37.8 Å². The van der Waals surface area contributed by atoms with E-state index in [-0.39, 0.29) is 12.1 Å². The van der Waals surface area contributed by atoms with E-state index in [0.29, 0.717) is 6.42 Å². The Bertz CT molecular complexity index is 601.